The van der Waals surface area contributed by atoms with Gasteiger partial charge in [-0.3, -0.25) is 4.57 Å². The SMILES string of the molecule is C[SiH2]C(C)OP(=O)(Cl)Cl. The average molecular weight is 207 g/mol. The van der Waals surface area contributed by atoms with E-state index in [9.17, 15) is 4.57 Å². The first kappa shape index (κ1) is 9.99. The van der Waals surface area contributed by atoms with Crippen LogP contribution in [0, 0.1) is 0 Å². The maximum atomic E-state index is 10.5. The monoisotopic (exact) mass is 206 g/mol. The molecule has 0 rings (SSSR count). The lowest BCUT2D eigenvalue weighted by atomic mass is 10.9. The van der Waals surface area contributed by atoms with Crippen molar-refractivity contribution in [3.8, 4) is 0 Å². The number of hydrogen-bond acceptors (Lipinski definition) is 2. The van der Waals surface area contributed by atoms with E-state index in [0.717, 1.165) is 0 Å². The largest absolute Gasteiger partial charge is 0.380 e. The van der Waals surface area contributed by atoms with Gasteiger partial charge < -0.3 is 4.52 Å². The van der Waals surface area contributed by atoms with Gasteiger partial charge in [-0.05, 0) is 29.4 Å². The minimum Gasteiger partial charge on any atom is -0.307 e. The Kier molecular flexibility index (Phi) is 4.43. The molecule has 0 heterocycles. The standard InChI is InChI=1S/C3H9Cl2O2PSi/c1-3(9-2)7-8(4,5)6/h3H,9H2,1-2H3. The van der Waals surface area contributed by atoms with E-state index >= 15 is 0 Å². The summed E-state index contributed by atoms with van der Waals surface area (Å²) in [4.78, 5) is 0. The minimum atomic E-state index is -3.26. The third-order valence-electron chi connectivity index (χ3n) is 0.878. The van der Waals surface area contributed by atoms with Crippen LogP contribution in [-0.4, -0.2) is 15.2 Å². The van der Waals surface area contributed by atoms with Crippen molar-refractivity contribution >= 4 is 38.1 Å². The molecule has 6 heteroatoms. The summed E-state index contributed by atoms with van der Waals surface area (Å²) in [6.45, 7) is 3.86. The highest BCUT2D eigenvalue weighted by Gasteiger charge is 2.17. The maximum absolute atomic E-state index is 10.5. The fourth-order valence-corrected chi connectivity index (χ4v) is 3.31. The summed E-state index contributed by atoms with van der Waals surface area (Å²) >= 11 is 10.3. The Hall–Kier alpha value is 0.987. The first-order valence-corrected chi connectivity index (χ1v) is 8.30. The van der Waals surface area contributed by atoms with Crippen molar-refractivity contribution in [2.75, 3.05) is 0 Å². The fourth-order valence-electron chi connectivity index (χ4n) is 0.284. The predicted octanol–water partition coefficient (Wildman–Crippen LogP) is 2.15. The molecule has 0 aromatic rings. The van der Waals surface area contributed by atoms with Crippen molar-refractivity contribution in [2.24, 2.45) is 0 Å². The highest BCUT2D eigenvalue weighted by molar-refractivity contribution is 8.05. The van der Waals surface area contributed by atoms with Gasteiger partial charge in [-0.15, -0.1) is 0 Å². The Balaban J connectivity index is 3.60. The topological polar surface area (TPSA) is 26.3 Å². The van der Waals surface area contributed by atoms with Crippen LogP contribution in [0.2, 0.25) is 6.55 Å². The van der Waals surface area contributed by atoms with Crippen molar-refractivity contribution in [2.45, 2.75) is 19.2 Å². The fraction of sp³-hybridized carbons (Fsp3) is 1.00. The molecule has 0 bridgehead atoms. The zero-order valence-electron chi connectivity index (χ0n) is 5.30. The molecule has 0 aliphatic heterocycles. The molecule has 1 unspecified atom stereocenters. The molecule has 0 fully saturated rings. The van der Waals surface area contributed by atoms with E-state index in [-0.39, 0.29) is 15.2 Å². The second kappa shape index (κ2) is 3.99. The van der Waals surface area contributed by atoms with E-state index < -0.39 is 6.07 Å². The molecule has 0 N–H and O–H groups in total. The molecule has 0 spiro atoms. The molecule has 0 aromatic carbocycles. The van der Waals surface area contributed by atoms with Gasteiger partial charge in [0.25, 0.3) is 0 Å². The third-order valence-corrected chi connectivity index (χ3v) is 3.56. The van der Waals surface area contributed by atoms with Gasteiger partial charge in [-0.2, -0.15) is 0 Å². The Labute approximate surface area is 66.7 Å². The first-order valence-electron chi connectivity index (χ1n) is 2.63. The Bertz CT molecular complexity index is 125. The van der Waals surface area contributed by atoms with Crippen LogP contribution in [0.25, 0.3) is 0 Å². The van der Waals surface area contributed by atoms with Crippen molar-refractivity contribution in [3.63, 3.8) is 0 Å². The number of hydrogen-bond donors (Lipinski definition) is 0. The molecule has 0 radical (unpaired) electrons. The first-order chi connectivity index (χ1) is 3.95. The molecule has 0 saturated heterocycles. The van der Waals surface area contributed by atoms with E-state index in [1.807, 2.05) is 13.5 Å². The van der Waals surface area contributed by atoms with Crippen LogP contribution in [-0.2, 0) is 9.09 Å². The summed E-state index contributed by atoms with van der Waals surface area (Å²) in [5, 5.41) is 0. The van der Waals surface area contributed by atoms with Gasteiger partial charge in [-0.1, -0.05) is 6.55 Å². The smallest absolute Gasteiger partial charge is 0.307 e. The third kappa shape index (κ3) is 6.88. The van der Waals surface area contributed by atoms with Crippen LogP contribution in [0.5, 0.6) is 0 Å². The number of rotatable bonds is 3. The minimum absolute atomic E-state index is 0.00540. The van der Waals surface area contributed by atoms with Gasteiger partial charge in [0.1, 0.15) is 0 Å². The van der Waals surface area contributed by atoms with Gasteiger partial charge in [0.2, 0.25) is 0 Å². The predicted molar refractivity (Wildman–Crippen MR) is 44.3 cm³/mol. The average Bonchev–Trinajstić information content (AvgIpc) is 1.62. The van der Waals surface area contributed by atoms with Gasteiger partial charge in [-0.25, -0.2) is 0 Å². The van der Waals surface area contributed by atoms with Crippen LogP contribution in [0.4, 0.5) is 0 Å². The number of halogens is 2. The second-order valence-electron chi connectivity index (χ2n) is 1.74. The molecule has 0 aliphatic carbocycles. The molecule has 9 heavy (non-hydrogen) atoms. The molecule has 0 aliphatic rings. The van der Waals surface area contributed by atoms with E-state index in [1.54, 1.807) is 0 Å². The molecule has 0 saturated carbocycles. The second-order valence-corrected chi connectivity index (χ2v) is 7.93. The van der Waals surface area contributed by atoms with Crippen molar-refractivity contribution in [3.05, 3.63) is 0 Å². The van der Waals surface area contributed by atoms with Crippen LogP contribution in [0.15, 0.2) is 0 Å². The van der Waals surface area contributed by atoms with Gasteiger partial charge in [0, 0.05) is 5.73 Å². The normalized spacial score (nSPS) is 16.9. The van der Waals surface area contributed by atoms with E-state index in [4.69, 9.17) is 27.0 Å². The highest BCUT2D eigenvalue weighted by Crippen LogP contribution is 2.58. The van der Waals surface area contributed by atoms with Crippen LogP contribution in [0.1, 0.15) is 6.92 Å². The Morgan fingerprint density at radius 3 is 2.22 bits per heavy atom. The zero-order chi connectivity index (χ0) is 7.49. The molecule has 1 atom stereocenters. The van der Waals surface area contributed by atoms with Gasteiger partial charge in [0.15, 0.2) is 0 Å². The summed E-state index contributed by atoms with van der Waals surface area (Å²) < 4.78 is 15.2. The molecular formula is C3H9Cl2O2PSi. The maximum Gasteiger partial charge on any atom is 0.380 e. The van der Waals surface area contributed by atoms with E-state index in [0.29, 0.717) is 0 Å². The van der Waals surface area contributed by atoms with Crippen molar-refractivity contribution in [1.29, 1.82) is 0 Å². The van der Waals surface area contributed by atoms with E-state index in [1.165, 1.54) is 0 Å². The summed E-state index contributed by atoms with van der Waals surface area (Å²) in [5.74, 6) is 0. The summed E-state index contributed by atoms with van der Waals surface area (Å²) in [6.07, 6.45) is -3.26. The quantitative estimate of drug-likeness (QED) is 0.523. The Morgan fingerprint density at radius 1 is 1.67 bits per heavy atom. The van der Waals surface area contributed by atoms with Gasteiger partial charge >= 0.3 is 6.07 Å². The lowest BCUT2D eigenvalue weighted by Crippen LogP contribution is -2.09. The van der Waals surface area contributed by atoms with Crippen LogP contribution < -0.4 is 0 Å². The van der Waals surface area contributed by atoms with Crippen LogP contribution >= 0.6 is 28.6 Å². The molecule has 0 amide bonds. The molecular weight excluding hydrogens is 198 g/mol. The summed E-state index contributed by atoms with van der Waals surface area (Å²) in [7, 11) is -0.305. The lowest BCUT2D eigenvalue weighted by Gasteiger charge is -2.08. The van der Waals surface area contributed by atoms with Crippen LogP contribution in [0.3, 0.4) is 0 Å². The molecule has 0 aromatic heterocycles. The lowest BCUT2D eigenvalue weighted by molar-refractivity contribution is 0.314. The van der Waals surface area contributed by atoms with E-state index in [2.05, 4.69) is 0 Å². The summed E-state index contributed by atoms with van der Waals surface area (Å²) in [5.41, 5.74) is 0.00540. The van der Waals surface area contributed by atoms with Gasteiger partial charge in [0.05, 0.1) is 9.52 Å². The molecule has 2 nitrogen and oxygen atoms in total. The summed E-state index contributed by atoms with van der Waals surface area (Å²) in [6, 6.07) is 0. The van der Waals surface area contributed by atoms with Crippen molar-refractivity contribution in [1.82, 2.24) is 0 Å². The molecule has 56 valence electrons. The highest BCUT2D eigenvalue weighted by atomic mass is 35.9. The Morgan fingerprint density at radius 2 is 2.11 bits per heavy atom. The zero-order valence-corrected chi connectivity index (χ0v) is 9.12. The van der Waals surface area contributed by atoms with Crippen molar-refractivity contribution < 1.29 is 9.09 Å².